The predicted molar refractivity (Wildman–Crippen MR) is 71.6 cm³/mol. The first-order valence-corrected chi connectivity index (χ1v) is 6.85. The summed E-state index contributed by atoms with van der Waals surface area (Å²) in [4.78, 5) is 21.5. The first-order chi connectivity index (χ1) is 9.60. The van der Waals surface area contributed by atoms with Crippen LogP contribution in [0.1, 0.15) is 10.8 Å². The van der Waals surface area contributed by atoms with Gasteiger partial charge in [0.15, 0.2) is 11.5 Å². The maximum atomic E-state index is 11.2. The van der Waals surface area contributed by atoms with Crippen molar-refractivity contribution >= 4 is 17.7 Å². The maximum absolute atomic E-state index is 11.2. The van der Waals surface area contributed by atoms with Gasteiger partial charge in [0.1, 0.15) is 0 Å². The number of thioether (sulfide) groups is 1. The van der Waals surface area contributed by atoms with Crippen LogP contribution in [0.4, 0.5) is 0 Å². The van der Waals surface area contributed by atoms with Crippen molar-refractivity contribution in [3.8, 4) is 11.5 Å². The van der Waals surface area contributed by atoms with Crippen LogP contribution in [0.5, 0.6) is 11.5 Å². The summed E-state index contributed by atoms with van der Waals surface area (Å²) in [5.41, 5.74) is 0.722. The molecule has 1 aliphatic heterocycles. The number of nitrogens with zero attached hydrogens (tertiary/aromatic N) is 1. The molecule has 0 saturated heterocycles. The molecule has 0 bridgehead atoms. The number of hydrogen-bond donors (Lipinski definition) is 0. The van der Waals surface area contributed by atoms with Gasteiger partial charge in [-0.3, -0.25) is 14.9 Å². The van der Waals surface area contributed by atoms with E-state index >= 15 is 0 Å². The average molecular weight is 299 g/mol. The molecule has 0 amide bonds. The van der Waals surface area contributed by atoms with Crippen LogP contribution in [0, 0.1) is 10.1 Å². The van der Waals surface area contributed by atoms with Gasteiger partial charge in [-0.15, -0.1) is 11.8 Å². The molecule has 0 saturated carbocycles. The lowest BCUT2D eigenvalue weighted by molar-refractivity contribution is -0.479. The third-order valence-electron chi connectivity index (χ3n) is 2.71. The Morgan fingerprint density at radius 1 is 1.50 bits per heavy atom. The molecule has 8 heteroatoms. The number of rotatable bonds is 6. The first kappa shape index (κ1) is 14.4. The van der Waals surface area contributed by atoms with E-state index in [-0.39, 0.29) is 19.1 Å². The molecule has 0 spiro atoms. The normalized spacial score (nSPS) is 13.8. The van der Waals surface area contributed by atoms with Crippen LogP contribution < -0.4 is 9.47 Å². The zero-order valence-corrected chi connectivity index (χ0v) is 11.6. The molecule has 1 aromatic rings. The smallest absolute Gasteiger partial charge is 0.315 e. The van der Waals surface area contributed by atoms with Crippen LogP contribution in [0.15, 0.2) is 18.2 Å². The van der Waals surface area contributed by atoms with Crippen LogP contribution in [0.25, 0.3) is 0 Å². The van der Waals surface area contributed by atoms with E-state index in [1.165, 1.54) is 18.9 Å². The van der Waals surface area contributed by atoms with Crippen molar-refractivity contribution in [3.05, 3.63) is 33.9 Å². The highest BCUT2D eigenvalue weighted by molar-refractivity contribution is 8.00. The van der Waals surface area contributed by atoms with Crippen LogP contribution in [0.2, 0.25) is 0 Å². The lowest BCUT2D eigenvalue weighted by Gasteiger charge is -2.12. The van der Waals surface area contributed by atoms with Gasteiger partial charge in [0.25, 0.3) is 0 Å². The van der Waals surface area contributed by atoms with Crippen LogP contribution >= 0.6 is 11.8 Å². The van der Waals surface area contributed by atoms with Gasteiger partial charge in [0, 0.05) is 4.92 Å². The number of carbonyl (C=O) groups is 1. The summed E-state index contributed by atoms with van der Waals surface area (Å²) >= 11 is 1.17. The van der Waals surface area contributed by atoms with E-state index in [2.05, 4.69) is 4.74 Å². The summed E-state index contributed by atoms with van der Waals surface area (Å²) in [5, 5.41) is 10.3. The van der Waals surface area contributed by atoms with Gasteiger partial charge in [0.2, 0.25) is 13.3 Å². The second-order valence-electron chi connectivity index (χ2n) is 4.00. The number of fused-ring (bicyclic) bond motifs is 1. The lowest BCUT2D eigenvalue weighted by Crippen LogP contribution is -2.13. The lowest BCUT2D eigenvalue weighted by atomic mass is 10.1. The fraction of sp³-hybridized carbons (Fsp3) is 0.417. The largest absolute Gasteiger partial charge is 0.468 e. The number of hydrogen-bond acceptors (Lipinski definition) is 7. The number of methoxy groups -OCH3 is 1. The van der Waals surface area contributed by atoms with E-state index in [4.69, 9.17) is 9.47 Å². The summed E-state index contributed by atoms with van der Waals surface area (Å²) in [6, 6.07) is 5.16. The Balaban J connectivity index is 2.13. The van der Waals surface area contributed by atoms with Crippen LogP contribution in [-0.2, 0) is 9.53 Å². The van der Waals surface area contributed by atoms with Gasteiger partial charge in [-0.1, -0.05) is 6.07 Å². The van der Waals surface area contributed by atoms with Gasteiger partial charge < -0.3 is 14.2 Å². The first-order valence-electron chi connectivity index (χ1n) is 5.80. The molecule has 0 aromatic heterocycles. The summed E-state index contributed by atoms with van der Waals surface area (Å²) in [5.74, 6) is 0.828. The summed E-state index contributed by atoms with van der Waals surface area (Å²) < 4.78 is 15.0. The minimum absolute atomic E-state index is 0.0590. The number of carbonyl (C=O) groups excluding carboxylic acids is 1. The predicted octanol–water partition coefficient (Wildman–Crippen LogP) is 1.64. The highest BCUT2D eigenvalue weighted by atomic mass is 32.2. The molecule has 20 heavy (non-hydrogen) atoms. The summed E-state index contributed by atoms with van der Waals surface area (Å²) in [7, 11) is 1.28. The van der Waals surface area contributed by atoms with Gasteiger partial charge in [0.05, 0.1) is 18.1 Å². The quantitative estimate of drug-likeness (QED) is 0.448. The van der Waals surface area contributed by atoms with Crippen LogP contribution in [-0.4, -0.2) is 37.1 Å². The molecule has 1 aliphatic rings. The van der Waals surface area contributed by atoms with E-state index in [9.17, 15) is 14.9 Å². The van der Waals surface area contributed by atoms with Gasteiger partial charge in [-0.25, -0.2) is 0 Å². The summed E-state index contributed by atoms with van der Waals surface area (Å²) in [6.45, 7) is -0.130. The molecule has 1 unspecified atom stereocenters. The standard InChI is InChI=1S/C12H13NO6S/c1-17-12(14)6-20-11(5-13(15)16)8-2-3-9-10(4-8)19-7-18-9/h2-4,11H,5-7H2,1H3. The molecule has 1 heterocycles. The maximum Gasteiger partial charge on any atom is 0.315 e. The van der Waals surface area contributed by atoms with Gasteiger partial charge >= 0.3 is 5.97 Å². The second-order valence-corrected chi connectivity index (χ2v) is 5.19. The van der Waals surface area contributed by atoms with Crippen molar-refractivity contribution in [3.63, 3.8) is 0 Å². The van der Waals surface area contributed by atoms with Crippen molar-refractivity contribution in [1.29, 1.82) is 0 Å². The zero-order chi connectivity index (χ0) is 14.5. The van der Waals surface area contributed by atoms with Crippen LogP contribution in [0.3, 0.4) is 0 Å². The molecule has 0 aliphatic carbocycles. The van der Waals surface area contributed by atoms with Crippen molar-refractivity contribution in [2.45, 2.75) is 5.25 Å². The Morgan fingerprint density at radius 3 is 2.95 bits per heavy atom. The highest BCUT2D eigenvalue weighted by Crippen LogP contribution is 2.37. The van der Waals surface area contributed by atoms with E-state index in [0.717, 1.165) is 5.56 Å². The van der Waals surface area contributed by atoms with E-state index in [0.29, 0.717) is 11.5 Å². The van der Waals surface area contributed by atoms with Crippen molar-refractivity contribution in [1.82, 2.24) is 0 Å². The molecule has 108 valence electrons. The SMILES string of the molecule is COC(=O)CSC(C[N+](=O)[O-])c1ccc2c(c1)OCO2. The Kier molecular flexibility index (Phi) is 4.67. The van der Waals surface area contributed by atoms with Crippen molar-refractivity contribution in [2.24, 2.45) is 0 Å². The minimum Gasteiger partial charge on any atom is -0.468 e. The van der Waals surface area contributed by atoms with Gasteiger partial charge in [-0.05, 0) is 17.7 Å². The van der Waals surface area contributed by atoms with E-state index < -0.39 is 16.1 Å². The zero-order valence-electron chi connectivity index (χ0n) is 10.7. The highest BCUT2D eigenvalue weighted by Gasteiger charge is 2.23. The van der Waals surface area contributed by atoms with E-state index in [1.807, 2.05) is 0 Å². The Bertz CT molecular complexity index is 521. The molecule has 0 fully saturated rings. The molecule has 7 nitrogen and oxygen atoms in total. The molecule has 2 rings (SSSR count). The molecular formula is C12H13NO6S. The Hall–Kier alpha value is -1.96. The third-order valence-corrected chi connectivity index (χ3v) is 3.94. The fourth-order valence-electron chi connectivity index (χ4n) is 1.73. The number of esters is 1. The summed E-state index contributed by atoms with van der Waals surface area (Å²) in [6.07, 6.45) is 0. The van der Waals surface area contributed by atoms with E-state index in [1.54, 1.807) is 18.2 Å². The topological polar surface area (TPSA) is 87.9 Å². The molecule has 1 aromatic carbocycles. The molecule has 0 radical (unpaired) electrons. The molecule has 1 atom stereocenters. The Labute approximate surface area is 119 Å². The third kappa shape index (κ3) is 3.53. The number of ether oxygens (including phenoxy) is 3. The molecular weight excluding hydrogens is 286 g/mol. The van der Waals surface area contributed by atoms with Crippen molar-refractivity contribution < 1.29 is 23.9 Å². The fourth-order valence-corrected chi connectivity index (χ4v) is 2.75. The van der Waals surface area contributed by atoms with Crippen molar-refractivity contribution in [2.75, 3.05) is 26.2 Å². The molecule has 0 N–H and O–H groups in total. The second kappa shape index (κ2) is 6.47. The van der Waals surface area contributed by atoms with Gasteiger partial charge in [-0.2, -0.15) is 0 Å². The monoisotopic (exact) mass is 299 g/mol. The number of nitro groups is 1. The minimum atomic E-state index is -0.446. The number of benzene rings is 1. The average Bonchev–Trinajstić information content (AvgIpc) is 2.89. The Morgan fingerprint density at radius 2 is 2.25 bits per heavy atom.